The number of nitrogens with one attached hydrogen (secondary N) is 1. The fraction of sp³-hybridized carbons (Fsp3) is 0.267. The van der Waals surface area contributed by atoms with Crippen LogP contribution in [0.5, 0.6) is 0 Å². The minimum absolute atomic E-state index is 0.170. The van der Waals surface area contributed by atoms with Gasteiger partial charge in [-0.3, -0.25) is 0 Å². The summed E-state index contributed by atoms with van der Waals surface area (Å²) in [6.07, 6.45) is 0.696. The van der Waals surface area contributed by atoms with Crippen molar-refractivity contribution in [1.29, 1.82) is 0 Å². The van der Waals surface area contributed by atoms with Gasteiger partial charge in [0.05, 0.1) is 5.69 Å². The monoisotopic (exact) mass is 257 g/mol. The highest BCUT2D eigenvalue weighted by atomic mass is 16.3. The SMILES string of the molecule is NCc1ccc(-c2ccccc2)nc1NCCCO. The van der Waals surface area contributed by atoms with Crippen LogP contribution in [-0.2, 0) is 6.54 Å². The third-order valence-electron chi connectivity index (χ3n) is 2.90. The lowest BCUT2D eigenvalue weighted by Crippen LogP contribution is -2.10. The quantitative estimate of drug-likeness (QED) is 0.692. The molecule has 0 saturated heterocycles. The Morgan fingerprint density at radius 1 is 1.11 bits per heavy atom. The van der Waals surface area contributed by atoms with E-state index < -0.39 is 0 Å². The Balaban J connectivity index is 2.25. The van der Waals surface area contributed by atoms with Crippen LogP contribution in [0, 0.1) is 0 Å². The molecule has 0 atom stereocenters. The first-order valence-electron chi connectivity index (χ1n) is 6.45. The number of pyridine rings is 1. The zero-order valence-electron chi connectivity index (χ0n) is 10.8. The molecule has 1 heterocycles. The Labute approximate surface area is 113 Å². The Morgan fingerprint density at radius 2 is 1.89 bits per heavy atom. The van der Waals surface area contributed by atoms with Crippen LogP contribution in [0.3, 0.4) is 0 Å². The average Bonchev–Trinajstić information content (AvgIpc) is 2.48. The maximum Gasteiger partial charge on any atom is 0.131 e. The fourth-order valence-corrected chi connectivity index (χ4v) is 1.86. The van der Waals surface area contributed by atoms with Gasteiger partial charge in [-0.25, -0.2) is 4.98 Å². The topological polar surface area (TPSA) is 71.2 Å². The molecule has 4 N–H and O–H groups in total. The van der Waals surface area contributed by atoms with Crippen LogP contribution in [0.2, 0.25) is 0 Å². The van der Waals surface area contributed by atoms with Gasteiger partial charge in [0.15, 0.2) is 0 Å². The van der Waals surface area contributed by atoms with E-state index >= 15 is 0 Å². The second-order valence-electron chi connectivity index (χ2n) is 4.28. The number of anilines is 1. The summed E-state index contributed by atoms with van der Waals surface area (Å²) in [5.74, 6) is 0.803. The van der Waals surface area contributed by atoms with E-state index in [9.17, 15) is 0 Å². The number of nitrogens with zero attached hydrogens (tertiary/aromatic N) is 1. The third-order valence-corrected chi connectivity index (χ3v) is 2.90. The number of nitrogens with two attached hydrogens (primary N) is 1. The molecule has 0 amide bonds. The van der Waals surface area contributed by atoms with Crippen LogP contribution in [0.15, 0.2) is 42.5 Å². The van der Waals surface area contributed by atoms with E-state index in [1.807, 2.05) is 42.5 Å². The highest BCUT2D eigenvalue weighted by molar-refractivity contribution is 5.62. The zero-order valence-corrected chi connectivity index (χ0v) is 10.8. The van der Waals surface area contributed by atoms with E-state index in [4.69, 9.17) is 10.8 Å². The van der Waals surface area contributed by atoms with Crippen LogP contribution in [-0.4, -0.2) is 23.2 Å². The van der Waals surface area contributed by atoms with E-state index in [2.05, 4.69) is 10.3 Å². The van der Waals surface area contributed by atoms with Gasteiger partial charge in [0, 0.05) is 30.8 Å². The summed E-state index contributed by atoms with van der Waals surface area (Å²) in [5, 5.41) is 12.0. The molecule has 0 spiro atoms. The molecule has 4 heteroatoms. The minimum atomic E-state index is 0.170. The highest BCUT2D eigenvalue weighted by Crippen LogP contribution is 2.21. The number of hydrogen-bond acceptors (Lipinski definition) is 4. The number of aliphatic hydroxyl groups excluding tert-OH is 1. The van der Waals surface area contributed by atoms with Crippen molar-refractivity contribution in [2.75, 3.05) is 18.5 Å². The molecule has 0 aliphatic carbocycles. The molecule has 0 radical (unpaired) electrons. The smallest absolute Gasteiger partial charge is 0.131 e. The van der Waals surface area contributed by atoms with Crippen molar-refractivity contribution in [2.24, 2.45) is 5.73 Å². The standard InChI is InChI=1S/C15H19N3O/c16-11-13-7-8-14(12-5-2-1-3-6-12)18-15(13)17-9-4-10-19/h1-3,5-8,19H,4,9-11,16H2,(H,17,18). The van der Waals surface area contributed by atoms with E-state index in [1.54, 1.807) is 0 Å². The minimum Gasteiger partial charge on any atom is -0.396 e. The molecule has 19 heavy (non-hydrogen) atoms. The van der Waals surface area contributed by atoms with Gasteiger partial charge >= 0.3 is 0 Å². The molecule has 2 rings (SSSR count). The lowest BCUT2D eigenvalue weighted by molar-refractivity contribution is 0.292. The molecule has 1 aromatic carbocycles. The largest absolute Gasteiger partial charge is 0.396 e. The lowest BCUT2D eigenvalue weighted by Gasteiger charge is -2.11. The van der Waals surface area contributed by atoms with Gasteiger partial charge in [0.25, 0.3) is 0 Å². The molecule has 0 saturated carbocycles. The molecule has 0 unspecified atom stereocenters. The lowest BCUT2D eigenvalue weighted by atomic mass is 10.1. The Kier molecular flexibility index (Phi) is 4.89. The van der Waals surface area contributed by atoms with E-state index in [0.717, 1.165) is 22.6 Å². The molecular formula is C15H19N3O. The predicted octanol–water partition coefficient (Wildman–Crippen LogP) is 2.00. The van der Waals surface area contributed by atoms with Gasteiger partial charge in [-0.05, 0) is 12.5 Å². The molecule has 0 aliphatic rings. The number of benzene rings is 1. The van der Waals surface area contributed by atoms with Crippen molar-refractivity contribution < 1.29 is 5.11 Å². The van der Waals surface area contributed by atoms with Crippen molar-refractivity contribution in [1.82, 2.24) is 4.98 Å². The Morgan fingerprint density at radius 3 is 2.58 bits per heavy atom. The number of hydrogen-bond donors (Lipinski definition) is 3. The van der Waals surface area contributed by atoms with E-state index in [1.165, 1.54) is 0 Å². The van der Waals surface area contributed by atoms with Crippen LogP contribution in [0.1, 0.15) is 12.0 Å². The summed E-state index contributed by atoms with van der Waals surface area (Å²) in [4.78, 5) is 4.61. The fourth-order valence-electron chi connectivity index (χ4n) is 1.86. The highest BCUT2D eigenvalue weighted by Gasteiger charge is 2.05. The van der Waals surface area contributed by atoms with Crippen molar-refractivity contribution in [3.05, 3.63) is 48.0 Å². The second-order valence-corrected chi connectivity index (χ2v) is 4.28. The Hall–Kier alpha value is -1.91. The van der Waals surface area contributed by atoms with Crippen molar-refractivity contribution in [3.8, 4) is 11.3 Å². The summed E-state index contributed by atoms with van der Waals surface area (Å²) < 4.78 is 0. The van der Waals surface area contributed by atoms with Crippen molar-refractivity contribution in [2.45, 2.75) is 13.0 Å². The van der Waals surface area contributed by atoms with Gasteiger partial charge in [-0.1, -0.05) is 36.4 Å². The van der Waals surface area contributed by atoms with Crippen molar-refractivity contribution >= 4 is 5.82 Å². The molecule has 4 nitrogen and oxygen atoms in total. The van der Waals surface area contributed by atoms with Gasteiger partial charge in [0.2, 0.25) is 0 Å². The molecule has 0 fully saturated rings. The first kappa shape index (κ1) is 13.5. The molecule has 100 valence electrons. The average molecular weight is 257 g/mol. The van der Waals surface area contributed by atoms with Crippen LogP contribution >= 0.6 is 0 Å². The van der Waals surface area contributed by atoms with E-state index in [-0.39, 0.29) is 6.61 Å². The van der Waals surface area contributed by atoms with Crippen LogP contribution < -0.4 is 11.1 Å². The molecule has 2 aromatic rings. The number of aliphatic hydroxyl groups is 1. The van der Waals surface area contributed by atoms with E-state index in [0.29, 0.717) is 19.5 Å². The molecule has 1 aromatic heterocycles. The normalized spacial score (nSPS) is 10.4. The summed E-state index contributed by atoms with van der Waals surface area (Å²) in [6.45, 7) is 1.31. The Bertz CT molecular complexity index is 514. The van der Waals surface area contributed by atoms with Gasteiger partial charge < -0.3 is 16.2 Å². The van der Waals surface area contributed by atoms with Crippen LogP contribution in [0.25, 0.3) is 11.3 Å². The summed E-state index contributed by atoms with van der Waals surface area (Å²) in [7, 11) is 0. The predicted molar refractivity (Wildman–Crippen MR) is 77.8 cm³/mol. The third kappa shape index (κ3) is 3.53. The molecular weight excluding hydrogens is 238 g/mol. The van der Waals surface area contributed by atoms with Gasteiger partial charge in [-0.2, -0.15) is 0 Å². The maximum absolute atomic E-state index is 8.82. The number of rotatable bonds is 6. The first-order valence-corrected chi connectivity index (χ1v) is 6.45. The molecule has 0 bridgehead atoms. The van der Waals surface area contributed by atoms with Gasteiger partial charge in [-0.15, -0.1) is 0 Å². The second kappa shape index (κ2) is 6.87. The molecule has 0 aliphatic heterocycles. The van der Waals surface area contributed by atoms with Crippen LogP contribution in [0.4, 0.5) is 5.82 Å². The summed E-state index contributed by atoms with van der Waals surface area (Å²) >= 11 is 0. The zero-order chi connectivity index (χ0) is 13.5. The summed E-state index contributed by atoms with van der Waals surface area (Å²) in [6, 6.07) is 14.0. The summed E-state index contributed by atoms with van der Waals surface area (Å²) in [5.41, 5.74) is 8.70. The first-order chi connectivity index (χ1) is 9.35. The number of aromatic nitrogens is 1. The van der Waals surface area contributed by atoms with Crippen molar-refractivity contribution in [3.63, 3.8) is 0 Å². The maximum atomic E-state index is 8.82. The van der Waals surface area contributed by atoms with Gasteiger partial charge in [0.1, 0.15) is 5.82 Å².